The predicted octanol–water partition coefficient (Wildman–Crippen LogP) is 1.86. The molecule has 1 aliphatic rings. The van der Waals surface area contributed by atoms with Crippen molar-refractivity contribution in [2.45, 2.75) is 13.0 Å². The minimum atomic E-state index is -0.0124. The molecular formula is C9H12ClNO2. The van der Waals surface area contributed by atoms with Crippen molar-refractivity contribution in [3.8, 4) is 11.5 Å². The molecule has 72 valence electrons. The molecule has 1 aromatic carbocycles. The van der Waals surface area contributed by atoms with Crippen molar-refractivity contribution in [2.75, 3.05) is 6.79 Å². The summed E-state index contributed by atoms with van der Waals surface area (Å²) in [5.41, 5.74) is 6.76. The van der Waals surface area contributed by atoms with Crippen LogP contribution in [0.2, 0.25) is 0 Å². The monoisotopic (exact) mass is 201 g/mol. The van der Waals surface area contributed by atoms with E-state index in [-0.39, 0.29) is 18.4 Å². The molecule has 0 fully saturated rings. The van der Waals surface area contributed by atoms with Crippen LogP contribution in [0.25, 0.3) is 0 Å². The number of benzene rings is 1. The number of nitrogens with two attached hydrogens (primary N) is 1. The highest BCUT2D eigenvalue weighted by Crippen LogP contribution is 2.37. The van der Waals surface area contributed by atoms with Crippen molar-refractivity contribution in [2.24, 2.45) is 5.73 Å². The van der Waals surface area contributed by atoms with Crippen molar-refractivity contribution in [3.63, 3.8) is 0 Å². The summed E-state index contributed by atoms with van der Waals surface area (Å²) in [6.07, 6.45) is 0. The van der Waals surface area contributed by atoms with Crippen LogP contribution in [0.5, 0.6) is 11.5 Å². The first-order valence-electron chi connectivity index (χ1n) is 3.93. The lowest BCUT2D eigenvalue weighted by atomic mass is 10.1. The fourth-order valence-corrected chi connectivity index (χ4v) is 1.31. The van der Waals surface area contributed by atoms with Crippen LogP contribution >= 0.6 is 12.4 Å². The third-order valence-corrected chi connectivity index (χ3v) is 1.92. The van der Waals surface area contributed by atoms with Gasteiger partial charge in [-0.1, -0.05) is 12.1 Å². The number of rotatable bonds is 1. The van der Waals surface area contributed by atoms with Gasteiger partial charge >= 0.3 is 0 Å². The Bertz CT molecular complexity index is 302. The lowest BCUT2D eigenvalue weighted by Crippen LogP contribution is -2.05. The number of halogens is 1. The smallest absolute Gasteiger partial charge is 0.231 e. The van der Waals surface area contributed by atoms with Crippen molar-refractivity contribution in [1.82, 2.24) is 0 Å². The normalized spacial score (nSPS) is 14.9. The van der Waals surface area contributed by atoms with Crippen LogP contribution in [0.15, 0.2) is 18.2 Å². The molecule has 13 heavy (non-hydrogen) atoms. The Balaban J connectivity index is 0.000000845. The fourth-order valence-electron chi connectivity index (χ4n) is 1.31. The van der Waals surface area contributed by atoms with Crippen molar-refractivity contribution in [3.05, 3.63) is 23.8 Å². The quantitative estimate of drug-likeness (QED) is 0.755. The molecular weight excluding hydrogens is 190 g/mol. The Morgan fingerprint density at radius 3 is 2.85 bits per heavy atom. The number of hydrogen-bond donors (Lipinski definition) is 1. The van der Waals surface area contributed by atoms with E-state index in [1.165, 1.54) is 0 Å². The molecule has 3 nitrogen and oxygen atoms in total. The molecule has 0 radical (unpaired) electrons. The largest absolute Gasteiger partial charge is 0.454 e. The van der Waals surface area contributed by atoms with Gasteiger partial charge in [0.15, 0.2) is 11.5 Å². The molecule has 0 aromatic heterocycles. The zero-order chi connectivity index (χ0) is 8.55. The van der Waals surface area contributed by atoms with Crippen LogP contribution in [0.3, 0.4) is 0 Å². The summed E-state index contributed by atoms with van der Waals surface area (Å²) in [5, 5.41) is 0. The third-order valence-electron chi connectivity index (χ3n) is 1.92. The van der Waals surface area contributed by atoms with Crippen LogP contribution in [0.1, 0.15) is 18.5 Å². The summed E-state index contributed by atoms with van der Waals surface area (Å²) in [7, 11) is 0. The molecule has 0 unspecified atom stereocenters. The van der Waals surface area contributed by atoms with E-state index in [0.29, 0.717) is 6.79 Å². The van der Waals surface area contributed by atoms with Gasteiger partial charge in [-0.2, -0.15) is 0 Å². The molecule has 0 saturated heterocycles. The summed E-state index contributed by atoms with van der Waals surface area (Å²) < 4.78 is 10.5. The van der Waals surface area contributed by atoms with E-state index in [9.17, 15) is 0 Å². The van der Waals surface area contributed by atoms with E-state index >= 15 is 0 Å². The van der Waals surface area contributed by atoms with Gasteiger partial charge in [-0.25, -0.2) is 0 Å². The zero-order valence-electron chi connectivity index (χ0n) is 7.32. The second-order valence-electron chi connectivity index (χ2n) is 2.87. The molecule has 0 spiro atoms. The minimum Gasteiger partial charge on any atom is -0.454 e. The summed E-state index contributed by atoms with van der Waals surface area (Å²) in [4.78, 5) is 0. The van der Waals surface area contributed by atoms with Gasteiger partial charge < -0.3 is 15.2 Å². The van der Waals surface area contributed by atoms with E-state index in [0.717, 1.165) is 17.1 Å². The van der Waals surface area contributed by atoms with E-state index in [4.69, 9.17) is 15.2 Å². The van der Waals surface area contributed by atoms with Gasteiger partial charge in [0.25, 0.3) is 0 Å². The predicted molar refractivity (Wildman–Crippen MR) is 52.4 cm³/mol. The maximum atomic E-state index is 5.75. The van der Waals surface area contributed by atoms with Crippen LogP contribution < -0.4 is 15.2 Å². The number of ether oxygens (including phenoxy) is 2. The lowest BCUT2D eigenvalue weighted by molar-refractivity contribution is 0.173. The molecule has 1 atom stereocenters. The van der Waals surface area contributed by atoms with Gasteiger partial charge in [0.1, 0.15) is 0 Å². The van der Waals surface area contributed by atoms with E-state index in [1.807, 2.05) is 25.1 Å². The molecule has 0 bridgehead atoms. The fraction of sp³-hybridized carbons (Fsp3) is 0.333. The Labute approximate surface area is 83.2 Å². The first-order chi connectivity index (χ1) is 5.79. The molecule has 1 aliphatic heterocycles. The topological polar surface area (TPSA) is 44.5 Å². The van der Waals surface area contributed by atoms with Gasteiger partial charge in [-0.05, 0) is 13.0 Å². The lowest BCUT2D eigenvalue weighted by Gasteiger charge is -2.07. The zero-order valence-corrected chi connectivity index (χ0v) is 8.14. The van der Waals surface area contributed by atoms with Crippen molar-refractivity contribution >= 4 is 12.4 Å². The maximum Gasteiger partial charge on any atom is 0.231 e. The Kier molecular flexibility index (Phi) is 3.01. The van der Waals surface area contributed by atoms with Crippen LogP contribution in [-0.4, -0.2) is 6.79 Å². The van der Waals surface area contributed by atoms with Crippen molar-refractivity contribution < 1.29 is 9.47 Å². The first kappa shape index (κ1) is 10.2. The summed E-state index contributed by atoms with van der Waals surface area (Å²) in [6.45, 7) is 2.23. The summed E-state index contributed by atoms with van der Waals surface area (Å²) >= 11 is 0. The van der Waals surface area contributed by atoms with Crippen LogP contribution in [-0.2, 0) is 0 Å². The van der Waals surface area contributed by atoms with E-state index < -0.39 is 0 Å². The highest BCUT2D eigenvalue weighted by molar-refractivity contribution is 5.85. The van der Waals surface area contributed by atoms with Gasteiger partial charge in [0.2, 0.25) is 6.79 Å². The highest BCUT2D eigenvalue weighted by atomic mass is 35.5. The Morgan fingerprint density at radius 2 is 2.15 bits per heavy atom. The molecule has 4 heteroatoms. The molecule has 2 N–H and O–H groups in total. The summed E-state index contributed by atoms with van der Waals surface area (Å²) in [5.74, 6) is 1.59. The summed E-state index contributed by atoms with van der Waals surface area (Å²) in [6, 6.07) is 5.75. The molecule has 1 heterocycles. The van der Waals surface area contributed by atoms with E-state index in [2.05, 4.69) is 0 Å². The van der Waals surface area contributed by atoms with Gasteiger partial charge in [-0.15, -0.1) is 12.4 Å². The van der Waals surface area contributed by atoms with Crippen LogP contribution in [0, 0.1) is 0 Å². The number of fused-ring (bicyclic) bond motifs is 1. The van der Waals surface area contributed by atoms with Gasteiger partial charge in [0, 0.05) is 11.6 Å². The van der Waals surface area contributed by atoms with Crippen LogP contribution in [0.4, 0.5) is 0 Å². The average Bonchev–Trinajstić information content (AvgIpc) is 2.49. The standard InChI is InChI=1S/C9H11NO2.ClH/c1-6(10)7-3-2-4-8-9(7)12-5-11-8;/h2-4,6H,5,10H2,1H3;1H/t6-;/m0./s1. The third kappa shape index (κ3) is 1.71. The van der Waals surface area contributed by atoms with Crippen molar-refractivity contribution in [1.29, 1.82) is 0 Å². The molecule has 1 aromatic rings. The number of hydrogen-bond acceptors (Lipinski definition) is 3. The first-order valence-corrected chi connectivity index (χ1v) is 3.93. The van der Waals surface area contributed by atoms with Gasteiger partial charge in [0.05, 0.1) is 0 Å². The molecule has 2 rings (SSSR count). The SMILES string of the molecule is C[C@H](N)c1cccc2c1OCO2.Cl. The molecule has 0 aliphatic carbocycles. The van der Waals surface area contributed by atoms with Gasteiger partial charge in [-0.3, -0.25) is 0 Å². The Morgan fingerprint density at radius 1 is 1.38 bits per heavy atom. The maximum absolute atomic E-state index is 5.75. The molecule has 0 amide bonds. The molecule has 0 saturated carbocycles. The minimum absolute atomic E-state index is 0. The Hall–Kier alpha value is -0.930. The number of para-hydroxylation sites is 1. The second-order valence-corrected chi connectivity index (χ2v) is 2.87. The highest BCUT2D eigenvalue weighted by Gasteiger charge is 2.18. The second kappa shape index (κ2) is 3.85. The van der Waals surface area contributed by atoms with E-state index in [1.54, 1.807) is 0 Å². The average molecular weight is 202 g/mol.